The van der Waals surface area contributed by atoms with E-state index in [-0.39, 0.29) is 46.7 Å². The Morgan fingerprint density at radius 2 is 1.95 bits per heavy atom. The number of rotatable bonds is 9. The highest BCUT2D eigenvalue weighted by atomic mass is 19.1. The van der Waals surface area contributed by atoms with Gasteiger partial charge >= 0.3 is 6.09 Å². The number of nitriles is 1. The van der Waals surface area contributed by atoms with E-state index in [1.165, 1.54) is 12.3 Å². The summed E-state index contributed by atoms with van der Waals surface area (Å²) in [5.74, 6) is -0.825. The topological polar surface area (TPSA) is 124 Å². The first-order valence-electron chi connectivity index (χ1n) is 13.2. The molecule has 0 bridgehead atoms. The summed E-state index contributed by atoms with van der Waals surface area (Å²) in [5, 5.41) is 18.5. The van der Waals surface area contributed by atoms with Crippen molar-refractivity contribution >= 4 is 29.2 Å². The lowest BCUT2D eigenvalue weighted by molar-refractivity contribution is 0.0495. The first-order valence-corrected chi connectivity index (χ1v) is 13.2. The molecule has 0 unspecified atom stereocenters. The predicted molar refractivity (Wildman–Crippen MR) is 143 cm³/mol. The molecule has 2 aliphatic rings. The Bertz CT molecular complexity index is 1220. The number of aromatic nitrogens is 2. The quantitative estimate of drug-likeness (QED) is 0.413. The molecule has 2 fully saturated rings. The summed E-state index contributed by atoms with van der Waals surface area (Å²) in [6.07, 6.45) is 3.32. The highest BCUT2D eigenvalue weighted by Gasteiger charge is 2.38. The van der Waals surface area contributed by atoms with Gasteiger partial charge in [0.05, 0.1) is 42.7 Å². The molecule has 1 saturated carbocycles. The van der Waals surface area contributed by atoms with E-state index < -0.39 is 23.3 Å². The van der Waals surface area contributed by atoms with Gasteiger partial charge in [0, 0.05) is 19.2 Å². The standard InChI is InChI=1S/C27H35F2N7O3/c1-5-21(33-26(37)39-27(2,3)4)22(16-6-7-16)34-24-19(28)12-17(14-30)23(35-24)32-18-13-20(29)25(31-15-18)36-8-10-38-11-9-36/h12-13,15-16,21-22H,5-11H2,1-4H3,(H,33,37)(H2,32,34,35)/t21-,22+/m0/s1. The van der Waals surface area contributed by atoms with Crippen molar-refractivity contribution in [3.8, 4) is 6.07 Å². The summed E-state index contributed by atoms with van der Waals surface area (Å²) in [4.78, 5) is 22.8. The van der Waals surface area contributed by atoms with Gasteiger partial charge in [-0.05, 0) is 52.0 Å². The molecule has 2 aromatic rings. The van der Waals surface area contributed by atoms with E-state index in [0.717, 1.165) is 18.9 Å². The van der Waals surface area contributed by atoms with Gasteiger partial charge in [0.25, 0.3) is 0 Å². The molecule has 3 heterocycles. The van der Waals surface area contributed by atoms with Crippen LogP contribution in [0.5, 0.6) is 0 Å². The SMILES string of the molecule is CC[C@H](NC(=O)OC(C)(C)C)[C@H](Nc1nc(Nc2cnc(N3CCOCC3)c(F)c2)c(C#N)cc1F)C1CC1. The summed E-state index contributed by atoms with van der Waals surface area (Å²) in [6, 6.07) is 3.62. The van der Waals surface area contributed by atoms with Crippen LogP contribution in [0.1, 0.15) is 52.5 Å². The van der Waals surface area contributed by atoms with Gasteiger partial charge in [-0.3, -0.25) is 0 Å². The van der Waals surface area contributed by atoms with Crippen LogP contribution in [-0.2, 0) is 9.47 Å². The Balaban J connectivity index is 1.54. The zero-order chi connectivity index (χ0) is 28.2. The third-order valence-corrected chi connectivity index (χ3v) is 6.50. The molecule has 1 aliphatic carbocycles. The van der Waals surface area contributed by atoms with Gasteiger partial charge in [-0.1, -0.05) is 6.92 Å². The van der Waals surface area contributed by atoms with Crippen LogP contribution in [0.25, 0.3) is 0 Å². The van der Waals surface area contributed by atoms with E-state index in [1.807, 2.05) is 13.0 Å². The number of alkyl carbamates (subject to hydrolysis) is 1. The molecule has 0 radical (unpaired) electrons. The summed E-state index contributed by atoms with van der Waals surface area (Å²) in [7, 11) is 0. The first kappa shape index (κ1) is 28.3. The molecule has 39 heavy (non-hydrogen) atoms. The maximum Gasteiger partial charge on any atom is 0.407 e. The third-order valence-electron chi connectivity index (χ3n) is 6.50. The van der Waals surface area contributed by atoms with E-state index in [0.29, 0.717) is 32.7 Å². The van der Waals surface area contributed by atoms with Crippen molar-refractivity contribution in [1.82, 2.24) is 15.3 Å². The number of nitrogens with zero attached hydrogens (tertiary/aromatic N) is 4. The van der Waals surface area contributed by atoms with E-state index in [4.69, 9.17) is 9.47 Å². The minimum absolute atomic E-state index is 0.0439. The first-order chi connectivity index (χ1) is 18.6. The number of hydrogen-bond acceptors (Lipinski definition) is 9. The van der Waals surface area contributed by atoms with E-state index in [9.17, 15) is 14.4 Å². The van der Waals surface area contributed by atoms with Crippen LogP contribution >= 0.6 is 0 Å². The number of nitrogens with one attached hydrogen (secondary N) is 3. The molecule has 1 saturated heterocycles. The average Bonchev–Trinajstić information content (AvgIpc) is 3.72. The van der Waals surface area contributed by atoms with Crippen LogP contribution in [0.15, 0.2) is 18.3 Å². The van der Waals surface area contributed by atoms with E-state index in [2.05, 4.69) is 25.9 Å². The molecule has 210 valence electrons. The van der Waals surface area contributed by atoms with Crippen molar-refractivity contribution in [2.24, 2.45) is 5.92 Å². The number of halogens is 2. The van der Waals surface area contributed by atoms with Crippen molar-refractivity contribution in [2.45, 2.75) is 64.6 Å². The highest BCUT2D eigenvalue weighted by Crippen LogP contribution is 2.37. The Morgan fingerprint density at radius 3 is 2.54 bits per heavy atom. The summed E-state index contributed by atoms with van der Waals surface area (Å²) >= 11 is 0. The van der Waals surface area contributed by atoms with Gasteiger partial charge in [-0.25, -0.2) is 23.5 Å². The molecule has 12 heteroatoms. The number of anilines is 4. The number of carbonyl (C=O) groups is 1. The lowest BCUT2D eigenvalue weighted by Gasteiger charge is -2.30. The van der Waals surface area contributed by atoms with Crippen molar-refractivity contribution in [1.29, 1.82) is 5.26 Å². The minimum atomic E-state index is -0.707. The fourth-order valence-electron chi connectivity index (χ4n) is 4.48. The molecule has 2 aromatic heterocycles. The van der Waals surface area contributed by atoms with Crippen LogP contribution in [0, 0.1) is 28.9 Å². The molecule has 0 aromatic carbocycles. The van der Waals surface area contributed by atoms with Crippen LogP contribution in [0.2, 0.25) is 0 Å². The summed E-state index contributed by atoms with van der Waals surface area (Å²) in [5.41, 5.74) is -0.429. The Hall–Kier alpha value is -3.72. The molecule has 1 aliphatic heterocycles. The number of ether oxygens (including phenoxy) is 2. The van der Waals surface area contributed by atoms with Gasteiger partial charge in [0.2, 0.25) is 0 Å². The number of hydrogen-bond donors (Lipinski definition) is 3. The predicted octanol–water partition coefficient (Wildman–Crippen LogP) is 4.70. The van der Waals surface area contributed by atoms with Crippen molar-refractivity contribution in [2.75, 3.05) is 41.8 Å². The van der Waals surface area contributed by atoms with Crippen LogP contribution in [0.3, 0.4) is 0 Å². The highest BCUT2D eigenvalue weighted by molar-refractivity contribution is 5.69. The van der Waals surface area contributed by atoms with Crippen molar-refractivity contribution in [3.63, 3.8) is 0 Å². The summed E-state index contributed by atoms with van der Waals surface area (Å²) in [6.45, 7) is 9.34. The second kappa shape index (κ2) is 12.0. The monoisotopic (exact) mass is 543 g/mol. The number of amides is 1. The number of morpholine rings is 1. The van der Waals surface area contributed by atoms with Crippen molar-refractivity contribution in [3.05, 3.63) is 35.5 Å². The smallest absolute Gasteiger partial charge is 0.407 e. The van der Waals surface area contributed by atoms with Gasteiger partial charge in [0.15, 0.2) is 29.1 Å². The van der Waals surface area contributed by atoms with Crippen LogP contribution < -0.4 is 20.9 Å². The lowest BCUT2D eigenvalue weighted by atomic mass is 10.0. The minimum Gasteiger partial charge on any atom is -0.444 e. The fourth-order valence-corrected chi connectivity index (χ4v) is 4.48. The zero-order valence-corrected chi connectivity index (χ0v) is 22.7. The maximum atomic E-state index is 15.1. The Labute approximate surface area is 227 Å². The van der Waals surface area contributed by atoms with Gasteiger partial charge in [0.1, 0.15) is 11.7 Å². The Morgan fingerprint density at radius 1 is 1.23 bits per heavy atom. The zero-order valence-electron chi connectivity index (χ0n) is 22.7. The number of pyridine rings is 2. The molecule has 10 nitrogen and oxygen atoms in total. The van der Waals surface area contributed by atoms with Gasteiger partial charge in [-0.15, -0.1) is 0 Å². The van der Waals surface area contributed by atoms with E-state index >= 15 is 4.39 Å². The molecule has 0 spiro atoms. The second-order valence-electron chi connectivity index (χ2n) is 10.7. The molecule has 2 atom stereocenters. The van der Waals surface area contributed by atoms with E-state index in [1.54, 1.807) is 25.7 Å². The fraction of sp³-hybridized carbons (Fsp3) is 0.556. The van der Waals surface area contributed by atoms with Crippen LogP contribution in [0.4, 0.5) is 36.7 Å². The molecular formula is C27H35F2N7O3. The summed E-state index contributed by atoms with van der Waals surface area (Å²) < 4.78 is 40.7. The number of carbonyl (C=O) groups excluding carboxylic acids is 1. The molecular weight excluding hydrogens is 508 g/mol. The lowest BCUT2D eigenvalue weighted by Crippen LogP contribution is -2.49. The Kier molecular flexibility index (Phi) is 8.70. The molecule has 3 N–H and O–H groups in total. The molecule has 4 rings (SSSR count). The van der Waals surface area contributed by atoms with Crippen LogP contribution in [-0.4, -0.2) is 60.0 Å². The largest absolute Gasteiger partial charge is 0.444 e. The van der Waals surface area contributed by atoms with Crippen molar-refractivity contribution < 1.29 is 23.0 Å². The molecule has 1 amide bonds. The second-order valence-corrected chi connectivity index (χ2v) is 10.7. The van der Waals surface area contributed by atoms with Gasteiger partial charge in [-0.2, -0.15) is 5.26 Å². The average molecular weight is 544 g/mol. The van der Waals surface area contributed by atoms with Gasteiger partial charge < -0.3 is 30.3 Å². The normalized spacial score (nSPS) is 17.1. The third kappa shape index (κ3) is 7.44. The maximum absolute atomic E-state index is 15.1.